The molecule has 0 bridgehead atoms. The van der Waals surface area contributed by atoms with E-state index in [-0.39, 0.29) is 39.8 Å². The van der Waals surface area contributed by atoms with Gasteiger partial charge in [0.1, 0.15) is 6.10 Å². The third kappa shape index (κ3) is 4.38. The van der Waals surface area contributed by atoms with Gasteiger partial charge in [0, 0.05) is 25.9 Å². The lowest BCUT2D eigenvalue weighted by molar-refractivity contribution is -0.238. The quantitative estimate of drug-likeness (QED) is 0.263. The number of carbonyl (C=O) groups excluding carboxylic acids is 1. The number of fused-ring (bicyclic) bond motifs is 5. The average molecular weight is 513 g/mol. The smallest absolute Gasteiger partial charge is 0.303 e. The maximum atomic E-state index is 12.5. The van der Waals surface area contributed by atoms with Gasteiger partial charge >= 0.3 is 5.97 Å². The van der Waals surface area contributed by atoms with Crippen molar-refractivity contribution in [2.24, 2.45) is 51.8 Å². The minimum atomic E-state index is -0.261. The zero-order valence-corrected chi connectivity index (χ0v) is 25.9. The van der Waals surface area contributed by atoms with Gasteiger partial charge in [-0.2, -0.15) is 0 Å². The number of hydrogen-bond donors (Lipinski definition) is 0. The minimum absolute atomic E-state index is 0.0648. The van der Waals surface area contributed by atoms with E-state index in [9.17, 15) is 4.79 Å². The molecule has 3 heteroatoms. The van der Waals surface area contributed by atoms with Gasteiger partial charge in [-0.25, -0.2) is 0 Å². The summed E-state index contributed by atoms with van der Waals surface area (Å²) < 4.78 is 13.1. The Morgan fingerprint density at radius 3 is 2.30 bits per heavy atom. The summed E-state index contributed by atoms with van der Waals surface area (Å²) in [5, 5.41) is 0. The van der Waals surface area contributed by atoms with Gasteiger partial charge in [-0.05, 0) is 105 Å². The molecule has 3 nitrogen and oxygen atoms in total. The van der Waals surface area contributed by atoms with Gasteiger partial charge in [0.25, 0.3) is 0 Å². The standard InChI is InChI=1S/C34H56O3/c1-21(2)18-22(3)19-23(4)26-14-15-33(10)30-29(37-25(6)35)20-28-27(13-12-24(5)31(28,7)8)34(30,36-11)17-16-32(26,33)9/h18,20,22-24,26-27,29-30H,12-17,19H2,1-11H3/t22-,23+,24-,26+,27+,29-,30-,32+,33-,34+/m0/s1. The van der Waals surface area contributed by atoms with Crippen LogP contribution in [-0.4, -0.2) is 24.8 Å². The van der Waals surface area contributed by atoms with Crippen LogP contribution in [0, 0.1) is 51.8 Å². The SMILES string of the molecule is CO[C@@]12CC[C@]3(C)[C@@H]([C@H](C)C[C@@H](C)C=C(C)C)CC[C@@]3(C)[C@@H]1[C@@H](OC(C)=O)C=C1[C@H]2CC[C@H](C)C1(C)C. The molecule has 0 aromatic rings. The van der Waals surface area contributed by atoms with E-state index in [0.29, 0.717) is 29.6 Å². The minimum Gasteiger partial charge on any atom is -0.458 e. The molecule has 4 aliphatic rings. The second-order valence-corrected chi connectivity index (χ2v) is 15.0. The van der Waals surface area contributed by atoms with Crippen LogP contribution in [0.4, 0.5) is 0 Å². The number of rotatable bonds is 6. The van der Waals surface area contributed by atoms with Crippen molar-refractivity contribution in [2.45, 2.75) is 126 Å². The van der Waals surface area contributed by atoms with E-state index in [2.05, 4.69) is 74.5 Å². The molecule has 3 fully saturated rings. The Bertz CT molecular complexity index is 941. The fraction of sp³-hybridized carbons (Fsp3) is 0.853. The maximum Gasteiger partial charge on any atom is 0.303 e. The number of methoxy groups -OCH3 is 1. The summed E-state index contributed by atoms with van der Waals surface area (Å²) >= 11 is 0. The molecule has 210 valence electrons. The van der Waals surface area contributed by atoms with E-state index >= 15 is 0 Å². The largest absolute Gasteiger partial charge is 0.458 e. The fourth-order valence-corrected chi connectivity index (χ4v) is 10.4. The van der Waals surface area contributed by atoms with E-state index in [0.717, 1.165) is 6.42 Å². The third-order valence-electron chi connectivity index (χ3n) is 12.6. The lowest BCUT2D eigenvalue weighted by Crippen LogP contribution is -2.68. The number of carbonyl (C=O) groups is 1. The Morgan fingerprint density at radius 1 is 1.03 bits per heavy atom. The van der Waals surface area contributed by atoms with E-state index in [1.54, 1.807) is 6.92 Å². The third-order valence-corrected chi connectivity index (χ3v) is 12.6. The van der Waals surface area contributed by atoms with E-state index in [1.165, 1.54) is 49.7 Å². The van der Waals surface area contributed by atoms with Crippen molar-refractivity contribution >= 4 is 5.97 Å². The molecule has 0 spiro atoms. The second-order valence-electron chi connectivity index (χ2n) is 15.0. The van der Waals surface area contributed by atoms with Crippen molar-refractivity contribution in [2.75, 3.05) is 7.11 Å². The van der Waals surface area contributed by atoms with Crippen molar-refractivity contribution in [1.82, 2.24) is 0 Å². The zero-order chi connectivity index (χ0) is 27.6. The highest BCUT2D eigenvalue weighted by Crippen LogP contribution is 2.73. The first-order chi connectivity index (χ1) is 17.1. The Balaban J connectivity index is 1.78. The summed E-state index contributed by atoms with van der Waals surface area (Å²) in [6, 6.07) is 0. The van der Waals surface area contributed by atoms with Gasteiger partial charge in [-0.1, -0.05) is 65.7 Å². The Labute approximate surface area is 228 Å². The zero-order valence-electron chi connectivity index (χ0n) is 25.9. The highest BCUT2D eigenvalue weighted by molar-refractivity contribution is 5.66. The van der Waals surface area contributed by atoms with Crippen LogP contribution in [0.5, 0.6) is 0 Å². The van der Waals surface area contributed by atoms with Gasteiger partial charge in [0.2, 0.25) is 0 Å². The summed E-state index contributed by atoms with van der Waals surface area (Å²) in [7, 11) is 1.95. The van der Waals surface area contributed by atoms with Crippen LogP contribution in [0.2, 0.25) is 0 Å². The molecule has 37 heavy (non-hydrogen) atoms. The summed E-state index contributed by atoms with van der Waals surface area (Å²) in [6.07, 6.45) is 13.0. The molecule has 0 saturated heterocycles. The number of ether oxygens (including phenoxy) is 2. The molecule has 0 aromatic heterocycles. The second kappa shape index (κ2) is 9.83. The molecule has 0 radical (unpaired) electrons. The Hall–Kier alpha value is -1.09. The molecule has 0 aromatic carbocycles. The molecule has 3 saturated carbocycles. The summed E-state index contributed by atoms with van der Waals surface area (Å²) in [5.74, 6) is 3.02. The first-order valence-corrected chi connectivity index (χ1v) is 15.2. The molecule has 0 unspecified atom stereocenters. The van der Waals surface area contributed by atoms with Crippen LogP contribution in [0.25, 0.3) is 0 Å². The predicted octanol–water partition coefficient (Wildman–Crippen LogP) is 8.78. The highest BCUT2D eigenvalue weighted by atomic mass is 16.5. The van der Waals surface area contributed by atoms with Crippen molar-refractivity contribution < 1.29 is 14.3 Å². The fourth-order valence-electron chi connectivity index (χ4n) is 10.4. The first-order valence-electron chi connectivity index (χ1n) is 15.2. The average Bonchev–Trinajstić information content (AvgIpc) is 3.06. The summed E-state index contributed by atoms with van der Waals surface area (Å²) in [6.45, 7) is 23.2. The first kappa shape index (κ1) is 28.9. The van der Waals surface area contributed by atoms with Crippen LogP contribution in [0.1, 0.15) is 114 Å². The van der Waals surface area contributed by atoms with Gasteiger partial charge < -0.3 is 9.47 Å². The Kier molecular flexibility index (Phi) is 7.68. The topological polar surface area (TPSA) is 35.5 Å². The summed E-state index contributed by atoms with van der Waals surface area (Å²) in [5.41, 5.74) is 3.02. The maximum absolute atomic E-state index is 12.5. The van der Waals surface area contributed by atoms with Gasteiger partial charge in [0.05, 0.1) is 5.60 Å². The molecule has 4 rings (SSSR count). The molecule has 0 aliphatic heterocycles. The number of allylic oxidation sites excluding steroid dienone is 2. The lowest BCUT2D eigenvalue weighted by atomic mass is 9.41. The van der Waals surface area contributed by atoms with Gasteiger partial charge in [0.15, 0.2) is 0 Å². The van der Waals surface area contributed by atoms with E-state index in [4.69, 9.17) is 9.47 Å². The van der Waals surface area contributed by atoms with Crippen LogP contribution >= 0.6 is 0 Å². The van der Waals surface area contributed by atoms with E-state index < -0.39 is 0 Å². The van der Waals surface area contributed by atoms with Crippen LogP contribution in [0.15, 0.2) is 23.3 Å². The van der Waals surface area contributed by atoms with Crippen LogP contribution in [-0.2, 0) is 14.3 Å². The van der Waals surface area contributed by atoms with Crippen molar-refractivity contribution in [3.05, 3.63) is 23.3 Å². The van der Waals surface area contributed by atoms with Crippen molar-refractivity contribution in [3.63, 3.8) is 0 Å². The molecule has 10 atom stereocenters. The highest BCUT2D eigenvalue weighted by Gasteiger charge is 2.71. The Morgan fingerprint density at radius 2 is 1.70 bits per heavy atom. The molecular weight excluding hydrogens is 456 g/mol. The predicted molar refractivity (Wildman–Crippen MR) is 153 cm³/mol. The summed E-state index contributed by atoms with van der Waals surface area (Å²) in [4.78, 5) is 12.5. The van der Waals surface area contributed by atoms with Gasteiger partial charge in [-0.15, -0.1) is 0 Å². The normalized spacial score (nSPS) is 44.0. The van der Waals surface area contributed by atoms with E-state index in [1.807, 2.05) is 7.11 Å². The number of hydrogen-bond acceptors (Lipinski definition) is 3. The molecule has 0 amide bonds. The molecule has 0 heterocycles. The van der Waals surface area contributed by atoms with Crippen molar-refractivity contribution in [3.8, 4) is 0 Å². The molecule has 0 N–H and O–H groups in total. The van der Waals surface area contributed by atoms with Gasteiger partial charge in [-0.3, -0.25) is 4.79 Å². The van der Waals surface area contributed by atoms with Crippen molar-refractivity contribution in [1.29, 1.82) is 0 Å². The number of esters is 1. The molecular formula is C34H56O3. The monoisotopic (exact) mass is 512 g/mol. The van der Waals surface area contributed by atoms with Crippen LogP contribution in [0.3, 0.4) is 0 Å². The molecule has 4 aliphatic carbocycles. The van der Waals surface area contributed by atoms with Crippen LogP contribution < -0.4 is 0 Å². The lowest BCUT2D eigenvalue weighted by Gasteiger charge is -2.67.